The normalized spacial score (nSPS) is 19.8. The second-order valence-electron chi connectivity index (χ2n) is 6.36. The molecule has 1 aliphatic carbocycles. The van der Waals surface area contributed by atoms with E-state index in [1.165, 1.54) is 16.8 Å². The number of aliphatic hydroxyl groups excluding tert-OH is 1. The van der Waals surface area contributed by atoms with Crippen molar-refractivity contribution in [1.82, 2.24) is 14.7 Å². The molecule has 0 aliphatic heterocycles. The minimum atomic E-state index is -0.464. The first kappa shape index (κ1) is 17.1. The van der Waals surface area contributed by atoms with Crippen LogP contribution in [-0.4, -0.2) is 50.3 Å². The van der Waals surface area contributed by atoms with Crippen LogP contribution in [0.2, 0.25) is 0 Å². The highest BCUT2D eigenvalue weighted by Crippen LogP contribution is 2.26. The van der Waals surface area contributed by atoms with Crippen LogP contribution in [0.5, 0.6) is 0 Å². The van der Waals surface area contributed by atoms with Crippen LogP contribution in [0, 0.1) is 16.0 Å². The molecule has 132 valence electrons. The van der Waals surface area contributed by atoms with E-state index in [0.29, 0.717) is 17.9 Å². The minimum absolute atomic E-state index is 0.00191. The summed E-state index contributed by atoms with van der Waals surface area (Å²) in [4.78, 5) is 24.3. The van der Waals surface area contributed by atoms with Crippen molar-refractivity contribution < 1.29 is 14.8 Å². The number of hydrogen-bond acceptors (Lipinski definition) is 5. The van der Waals surface area contributed by atoms with Gasteiger partial charge in [0.1, 0.15) is 0 Å². The molecule has 1 N–H and O–H groups in total. The quantitative estimate of drug-likeness (QED) is 0.660. The summed E-state index contributed by atoms with van der Waals surface area (Å²) >= 11 is 0. The van der Waals surface area contributed by atoms with Crippen LogP contribution in [0.1, 0.15) is 29.8 Å². The fourth-order valence-electron chi connectivity index (χ4n) is 3.17. The van der Waals surface area contributed by atoms with E-state index in [1.54, 1.807) is 36.3 Å². The van der Waals surface area contributed by atoms with Crippen molar-refractivity contribution in [3.63, 3.8) is 0 Å². The van der Waals surface area contributed by atoms with Gasteiger partial charge in [-0.2, -0.15) is 5.10 Å². The molecule has 8 nitrogen and oxygen atoms in total. The Morgan fingerprint density at radius 3 is 2.68 bits per heavy atom. The maximum atomic E-state index is 12.5. The van der Waals surface area contributed by atoms with Crippen molar-refractivity contribution in [3.05, 3.63) is 52.3 Å². The van der Waals surface area contributed by atoms with Crippen LogP contribution in [0.4, 0.5) is 5.69 Å². The van der Waals surface area contributed by atoms with Gasteiger partial charge >= 0.3 is 0 Å². The summed E-state index contributed by atoms with van der Waals surface area (Å²) in [6.45, 7) is 0.504. The number of aromatic nitrogens is 2. The van der Waals surface area contributed by atoms with Gasteiger partial charge in [0.25, 0.3) is 11.6 Å². The zero-order valence-electron chi connectivity index (χ0n) is 13.9. The molecule has 0 spiro atoms. The summed E-state index contributed by atoms with van der Waals surface area (Å²) in [6, 6.07) is 7.57. The first-order chi connectivity index (χ1) is 12.0. The third kappa shape index (κ3) is 3.69. The van der Waals surface area contributed by atoms with E-state index in [-0.39, 0.29) is 23.6 Å². The van der Waals surface area contributed by atoms with Crippen molar-refractivity contribution in [1.29, 1.82) is 0 Å². The molecular formula is C17H20N4O4. The molecule has 0 saturated heterocycles. The topological polar surface area (TPSA) is 102 Å². The molecular weight excluding hydrogens is 324 g/mol. The largest absolute Gasteiger partial charge is 0.393 e. The van der Waals surface area contributed by atoms with E-state index in [2.05, 4.69) is 5.10 Å². The smallest absolute Gasteiger partial charge is 0.274 e. The standard InChI is InChI=1S/C17H20N4O4/c1-19(11-12-3-2-4-16(12)22)17(23)15-9-10-20(18-15)13-5-7-14(8-6-13)21(24)25/h5-10,12,16,22H,2-4,11H2,1H3. The first-order valence-corrected chi connectivity index (χ1v) is 8.19. The maximum absolute atomic E-state index is 12.5. The van der Waals surface area contributed by atoms with E-state index in [4.69, 9.17) is 0 Å². The van der Waals surface area contributed by atoms with Crippen LogP contribution in [0.3, 0.4) is 0 Å². The number of nitrogens with zero attached hydrogens (tertiary/aromatic N) is 4. The fourth-order valence-corrected chi connectivity index (χ4v) is 3.17. The molecule has 25 heavy (non-hydrogen) atoms. The predicted octanol–water partition coefficient (Wildman–Crippen LogP) is 2.01. The van der Waals surface area contributed by atoms with Crippen molar-refractivity contribution in [2.45, 2.75) is 25.4 Å². The highest BCUT2D eigenvalue weighted by Gasteiger charge is 2.28. The summed E-state index contributed by atoms with van der Waals surface area (Å²) < 4.78 is 1.51. The Labute approximate surface area is 144 Å². The highest BCUT2D eigenvalue weighted by molar-refractivity contribution is 5.92. The highest BCUT2D eigenvalue weighted by atomic mass is 16.6. The van der Waals surface area contributed by atoms with E-state index in [1.807, 2.05) is 0 Å². The zero-order chi connectivity index (χ0) is 18.0. The summed E-state index contributed by atoms with van der Waals surface area (Å²) in [7, 11) is 1.71. The molecule has 1 aromatic heterocycles. The van der Waals surface area contributed by atoms with Crippen molar-refractivity contribution >= 4 is 11.6 Å². The number of amides is 1. The third-order valence-electron chi connectivity index (χ3n) is 4.61. The summed E-state index contributed by atoms with van der Waals surface area (Å²) in [5.74, 6) is -0.0922. The second kappa shape index (κ2) is 7.02. The van der Waals surface area contributed by atoms with Crippen molar-refractivity contribution in [2.75, 3.05) is 13.6 Å². The lowest BCUT2D eigenvalue weighted by molar-refractivity contribution is -0.384. The molecule has 1 aromatic carbocycles. The van der Waals surface area contributed by atoms with Gasteiger partial charge in [0, 0.05) is 37.8 Å². The van der Waals surface area contributed by atoms with Gasteiger partial charge in [0.2, 0.25) is 0 Å². The number of nitro benzene ring substituents is 1. The average molecular weight is 344 g/mol. The predicted molar refractivity (Wildman–Crippen MR) is 90.5 cm³/mol. The van der Waals surface area contributed by atoms with Gasteiger partial charge in [-0.1, -0.05) is 6.42 Å². The number of rotatable bonds is 5. The van der Waals surface area contributed by atoms with Gasteiger partial charge < -0.3 is 10.0 Å². The number of nitro groups is 1. The Morgan fingerprint density at radius 1 is 1.36 bits per heavy atom. The van der Waals surface area contributed by atoms with E-state index < -0.39 is 4.92 Å². The number of carbonyl (C=O) groups is 1. The summed E-state index contributed by atoms with van der Waals surface area (Å²) in [6.07, 6.45) is 4.01. The molecule has 2 aromatic rings. The van der Waals surface area contributed by atoms with Gasteiger partial charge in [-0.05, 0) is 31.0 Å². The number of carbonyl (C=O) groups excluding carboxylic acids is 1. The van der Waals surface area contributed by atoms with Crippen LogP contribution >= 0.6 is 0 Å². The summed E-state index contributed by atoms with van der Waals surface area (Å²) in [5.41, 5.74) is 0.939. The molecule has 1 fully saturated rings. The van der Waals surface area contributed by atoms with Crippen LogP contribution in [0.25, 0.3) is 5.69 Å². The molecule has 1 saturated carbocycles. The van der Waals surface area contributed by atoms with Crippen molar-refractivity contribution in [3.8, 4) is 5.69 Å². The second-order valence-corrected chi connectivity index (χ2v) is 6.36. The molecule has 1 aliphatic rings. The number of hydrogen-bond donors (Lipinski definition) is 1. The molecule has 2 atom stereocenters. The summed E-state index contributed by atoms with van der Waals surface area (Å²) in [5, 5.41) is 24.9. The monoisotopic (exact) mass is 344 g/mol. The molecule has 1 heterocycles. The lowest BCUT2D eigenvalue weighted by atomic mass is 10.1. The van der Waals surface area contributed by atoms with E-state index in [0.717, 1.165) is 19.3 Å². The van der Waals surface area contributed by atoms with Gasteiger partial charge in [-0.25, -0.2) is 4.68 Å². The minimum Gasteiger partial charge on any atom is -0.393 e. The molecule has 8 heteroatoms. The maximum Gasteiger partial charge on any atom is 0.274 e. The SMILES string of the molecule is CN(CC1CCCC1O)C(=O)c1ccn(-c2ccc([N+](=O)[O-])cc2)n1. The van der Waals surface area contributed by atoms with Gasteiger partial charge in [0.15, 0.2) is 5.69 Å². The Morgan fingerprint density at radius 2 is 2.08 bits per heavy atom. The van der Waals surface area contributed by atoms with Gasteiger partial charge in [0.05, 0.1) is 16.7 Å². The third-order valence-corrected chi connectivity index (χ3v) is 4.61. The van der Waals surface area contributed by atoms with Crippen LogP contribution < -0.4 is 0 Å². The Bertz CT molecular complexity index is 771. The number of aliphatic hydroxyl groups is 1. The van der Waals surface area contributed by atoms with Gasteiger partial charge in [-0.15, -0.1) is 0 Å². The van der Waals surface area contributed by atoms with Gasteiger partial charge in [-0.3, -0.25) is 14.9 Å². The van der Waals surface area contributed by atoms with Crippen LogP contribution in [-0.2, 0) is 0 Å². The average Bonchev–Trinajstić information content (AvgIpc) is 3.24. The number of non-ortho nitro benzene ring substituents is 1. The van der Waals surface area contributed by atoms with Crippen molar-refractivity contribution in [2.24, 2.45) is 5.92 Å². The first-order valence-electron chi connectivity index (χ1n) is 8.19. The Hall–Kier alpha value is -2.74. The van der Waals surface area contributed by atoms with E-state index >= 15 is 0 Å². The van der Waals surface area contributed by atoms with E-state index in [9.17, 15) is 20.0 Å². The number of benzene rings is 1. The zero-order valence-corrected chi connectivity index (χ0v) is 13.9. The molecule has 3 rings (SSSR count). The Kier molecular flexibility index (Phi) is 4.80. The molecule has 0 bridgehead atoms. The molecule has 1 amide bonds. The lowest BCUT2D eigenvalue weighted by Crippen LogP contribution is -2.34. The van der Waals surface area contributed by atoms with Crippen LogP contribution in [0.15, 0.2) is 36.5 Å². The molecule has 0 radical (unpaired) electrons. The lowest BCUT2D eigenvalue weighted by Gasteiger charge is -2.22. The fraction of sp³-hybridized carbons (Fsp3) is 0.412. The Balaban J connectivity index is 1.69. The molecule has 2 unspecified atom stereocenters.